The van der Waals surface area contributed by atoms with Crippen molar-refractivity contribution in [2.45, 2.75) is 44.6 Å². The summed E-state index contributed by atoms with van der Waals surface area (Å²) in [4.78, 5) is 16.3. The largest absolute Gasteiger partial charge is 0.367 e. The molecule has 2 amide bonds. The number of nitrogens with zero attached hydrogens (tertiary/aromatic N) is 3. The molecule has 1 aliphatic heterocycles. The fourth-order valence-corrected chi connectivity index (χ4v) is 3.73. The summed E-state index contributed by atoms with van der Waals surface area (Å²) in [7, 11) is 0. The lowest BCUT2D eigenvalue weighted by molar-refractivity contribution is 0.189. The predicted molar refractivity (Wildman–Crippen MR) is 94.9 cm³/mol. The van der Waals surface area contributed by atoms with Gasteiger partial charge >= 0.3 is 6.03 Å². The van der Waals surface area contributed by atoms with E-state index in [9.17, 15) is 14.4 Å². The van der Waals surface area contributed by atoms with E-state index in [1.54, 1.807) is 12.1 Å². The summed E-state index contributed by atoms with van der Waals surface area (Å²) in [6.45, 7) is 2.38. The van der Waals surface area contributed by atoms with Crippen LogP contribution in [0.25, 0.3) is 0 Å². The van der Waals surface area contributed by atoms with Crippen LogP contribution in [0.2, 0.25) is 0 Å². The lowest BCUT2D eigenvalue weighted by Crippen LogP contribution is -2.53. The van der Waals surface area contributed by atoms with Gasteiger partial charge in [-0.25, -0.2) is 9.18 Å². The Labute approximate surface area is 148 Å². The van der Waals surface area contributed by atoms with Gasteiger partial charge in [-0.15, -0.1) is 0 Å². The van der Waals surface area contributed by atoms with E-state index in [1.807, 2.05) is 15.9 Å². The fraction of sp³-hybridized carbons (Fsp3) is 0.579. The zero-order valence-electron chi connectivity index (χ0n) is 14.5. The number of carbonyl (C=O) groups excluding carboxylic acids is 1. The molecule has 5 nitrogen and oxygen atoms in total. The number of carbonyl (C=O) groups is 1. The van der Waals surface area contributed by atoms with Crippen LogP contribution >= 0.6 is 0 Å². The molecule has 1 N–H and O–H groups in total. The highest BCUT2D eigenvalue weighted by atomic mass is 19.1. The van der Waals surface area contributed by atoms with Gasteiger partial charge in [0.15, 0.2) is 0 Å². The number of hydrogen-bond donors (Lipinski definition) is 1. The molecule has 1 saturated carbocycles. The van der Waals surface area contributed by atoms with Gasteiger partial charge in [0.05, 0.1) is 5.69 Å². The number of halogens is 1. The lowest BCUT2D eigenvalue weighted by Gasteiger charge is -2.37. The number of piperazine rings is 1. The summed E-state index contributed by atoms with van der Waals surface area (Å²) in [5.41, 5.74) is 0.699. The molecule has 134 valence electrons. The number of urea groups is 1. The normalized spacial score (nSPS) is 19.2. The first-order valence-corrected chi connectivity index (χ1v) is 9.18. The topological polar surface area (TPSA) is 59.4 Å². The second-order valence-corrected chi connectivity index (χ2v) is 6.86. The minimum absolute atomic E-state index is 0.00583. The van der Waals surface area contributed by atoms with Crippen molar-refractivity contribution in [2.75, 3.05) is 31.1 Å². The Bertz CT molecular complexity index is 641. The van der Waals surface area contributed by atoms with Gasteiger partial charge in [0.2, 0.25) is 0 Å². The molecule has 2 fully saturated rings. The predicted octanol–water partition coefficient (Wildman–Crippen LogP) is 3.25. The Balaban J connectivity index is 1.56. The molecule has 0 bridgehead atoms. The maximum absolute atomic E-state index is 13.8. The van der Waals surface area contributed by atoms with Gasteiger partial charge in [0.25, 0.3) is 0 Å². The highest BCUT2D eigenvalue weighted by molar-refractivity contribution is 5.75. The third-order valence-electron chi connectivity index (χ3n) is 5.19. The summed E-state index contributed by atoms with van der Waals surface area (Å²) in [5.74, 6) is -0.492. The quantitative estimate of drug-likeness (QED) is 0.838. The fourth-order valence-electron chi connectivity index (χ4n) is 3.73. The van der Waals surface area contributed by atoms with Gasteiger partial charge in [-0.3, -0.25) is 0 Å². The first-order valence-electron chi connectivity index (χ1n) is 9.18. The van der Waals surface area contributed by atoms with Crippen LogP contribution in [0.3, 0.4) is 0 Å². The molecule has 1 saturated heterocycles. The van der Waals surface area contributed by atoms with Gasteiger partial charge in [-0.1, -0.05) is 31.7 Å². The van der Waals surface area contributed by atoms with Gasteiger partial charge < -0.3 is 15.1 Å². The number of nitriles is 1. The number of nitrogens with one attached hydrogen (secondary N) is 1. The van der Waals surface area contributed by atoms with Crippen molar-refractivity contribution >= 4 is 11.7 Å². The third kappa shape index (κ3) is 4.22. The van der Waals surface area contributed by atoms with Crippen LogP contribution in [-0.4, -0.2) is 43.2 Å². The van der Waals surface area contributed by atoms with Gasteiger partial charge in [-0.05, 0) is 25.0 Å². The van der Waals surface area contributed by atoms with E-state index in [2.05, 4.69) is 5.32 Å². The monoisotopic (exact) mass is 344 g/mol. The van der Waals surface area contributed by atoms with Crippen molar-refractivity contribution in [2.24, 2.45) is 0 Å². The van der Waals surface area contributed by atoms with Crippen LogP contribution in [-0.2, 0) is 0 Å². The lowest BCUT2D eigenvalue weighted by atomic mass is 10.1. The maximum atomic E-state index is 13.8. The van der Waals surface area contributed by atoms with Crippen LogP contribution in [0.5, 0.6) is 0 Å². The van der Waals surface area contributed by atoms with Gasteiger partial charge in [0.1, 0.15) is 17.4 Å². The number of benzene rings is 1. The average Bonchev–Trinajstić information content (AvgIpc) is 2.90. The molecule has 0 atom stereocenters. The second-order valence-electron chi connectivity index (χ2n) is 6.86. The van der Waals surface area contributed by atoms with Crippen molar-refractivity contribution in [3.8, 4) is 6.07 Å². The summed E-state index contributed by atoms with van der Waals surface area (Å²) < 4.78 is 13.8. The van der Waals surface area contributed by atoms with Crippen molar-refractivity contribution in [3.63, 3.8) is 0 Å². The van der Waals surface area contributed by atoms with E-state index in [4.69, 9.17) is 0 Å². The molecule has 0 unspecified atom stereocenters. The van der Waals surface area contributed by atoms with Gasteiger partial charge in [0, 0.05) is 32.2 Å². The minimum Gasteiger partial charge on any atom is -0.367 e. The first-order chi connectivity index (χ1) is 12.2. The molecule has 2 aliphatic rings. The van der Waals surface area contributed by atoms with Crippen LogP contribution < -0.4 is 10.2 Å². The van der Waals surface area contributed by atoms with Crippen LogP contribution in [0.4, 0.5) is 14.9 Å². The zero-order valence-corrected chi connectivity index (χ0v) is 14.5. The van der Waals surface area contributed by atoms with E-state index >= 15 is 0 Å². The van der Waals surface area contributed by atoms with Crippen LogP contribution in [0.15, 0.2) is 18.2 Å². The standard InChI is InChI=1S/C19H25FN4O/c20-17-8-5-9-18(16(17)14-21)23-10-12-24(13-11-23)19(25)22-15-6-3-1-2-4-7-15/h5,8-9,15H,1-4,6-7,10-13H2,(H,22,25). The van der Waals surface area contributed by atoms with Crippen molar-refractivity contribution in [3.05, 3.63) is 29.6 Å². The summed E-state index contributed by atoms with van der Waals surface area (Å²) in [6.07, 6.45) is 7.05. The van der Waals surface area contributed by atoms with Crippen molar-refractivity contribution in [1.29, 1.82) is 5.26 Å². The average molecular weight is 344 g/mol. The van der Waals surface area contributed by atoms with Crippen molar-refractivity contribution in [1.82, 2.24) is 10.2 Å². The molecule has 1 aromatic rings. The van der Waals surface area contributed by atoms with Gasteiger partial charge in [-0.2, -0.15) is 5.26 Å². The molecular formula is C19H25FN4O. The van der Waals surface area contributed by atoms with Crippen LogP contribution in [0, 0.1) is 17.1 Å². The first kappa shape index (κ1) is 17.5. The molecular weight excluding hydrogens is 319 g/mol. The molecule has 3 rings (SSSR count). The molecule has 0 radical (unpaired) electrons. The van der Waals surface area contributed by atoms with E-state index in [1.165, 1.54) is 31.7 Å². The molecule has 1 heterocycles. The highest BCUT2D eigenvalue weighted by Crippen LogP contribution is 2.24. The SMILES string of the molecule is N#Cc1c(F)cccc1N1CCN(C(=O)NC2CCCCCC2)CC1. The Morgan fingerprint density at radius 3 is 2.44 bits per heavy atom. The van der Waals surface area contributed by atoms with E-state index < -0.39 is 5.82 Å². The van der Waals surface area contributed by atoms with E-state index in [0.717, 1.165) is 12.8 Å². The summed E-state index contributed by atoms with van der Waals surface area (Å²) in [6, 6.07) is 6.94. The molecule has 1 aliphatic carbocycles. The van der Waals surface area contributed by atoms with E-state index in [-0.39, 0.29) is 11.6 Å². The Morgan fingerprint density at radius 2 is 1.80 bits per heavy atom. The van der Waals surface area contributed by atoms with E-state index in [0.29, 0.717) is 37.9 Å². The Hall–Kier alpha value is -2.29. The van der Waals surface area contributed by atoms with Crippen molar-refractivity contribution < 1.29 is 9.18 Å². The molecule has 0 aromatic heterocycles. The maximum Gasteiger partial charge on any atom is 0.317 e. The number of amides is 2. The Morgan fingerprint density at radius 1 is 1.12 bits per heavy atom. The Kier molecular flexibility index (Phi) is 5.75. The number of anilines is 1. The highest BCUT2D eigenvalue weighted by Gasteiger charge is 2.25. The summed E-state index contributed by atoms with van der Waals surface area (Å²) >= 11 is 0. The smallest absolute Gasteiger partial charge is 0.317 e. The third-order valence-corrected chi connectivity index (χ3v) is 5.19. The molecule has 1 aromatic carbocycles. The van der Waals surface area contributed by atoms with Crippen LogP contribution in [0.1, 0.15) is 44.1 Å². The zero-order chi connectivity index (χ0) is 17.6. The summed E-state index contributed by atoms with van der Waals surface area (Å²) in [5, 5.41) is 12.4. The molecule has 25 heavy (non-hydrogen) atoms. The molecule has 6 heteroatoms. The molecule has 0 spiro atoms. The second kappa shape index (κ2) is 8.19. The minimum atomic E-state index is -0.492. The number of hydrogen-bond acceptors (Lipinski definition) is 3. The number of rotatable bonds is 2.